The van der Waals surface area contributed by atoms with E-state index >= 15 is 0 Å². The van der Waals surface area contributed by atoms with Gasteiger partial charge in [0, 0.05) is 17.1 Å². The van der Waals surface area contributed by atoms with E-state index in [1.165, 1.54) is 19.1 Å². The largest absolute Gasteiger partial charge is 0.449 e. The van der Waals surface area contributed by atoms with Gasteiger partial charge >= 0.3 is 5.97 Å². The Morgan fingerprint density at radius 3 is 2.60 bits per heavy atom. The molecule has 0 radical (unpaired) electrons. The molecule has 1 aromatic heterocycles. The molecule has 9 heteroatoms. The van der Waals surface area contributed by atoms with E-state index in [1.54, 1.807) is 16.9 Å². The van der Waals surface area contributed by atoms with Crippen molar-refractivity contribution >= 4 is 46.6 Å². The summed E-state index contributed by atoms with van der Waals surface area (Å²) in [5.74, 6) is -0.780. The fraction of sp³-hybridized carbons (Fsp3) is 0.312. The van der Waals surface area contributed by atoms with Gasteiger partial charge in [-0.25, -0.2) is 9.48 Å². The molecule has 134 valence electrons. The Kier molecular flexibility index (Phi) is 5.92. The molecule has 0 aliphatic carbocycles. The van der Waals surface area contributed by atoms with Crippen molar-refractivity contribution in [1.29, 1.82) is 0 Å². The zero-order valence-electron chi connectivity index (χ0n) is 13.9. The van der Waals surface area contributed by atoms with Gasteiger partial charge in [0.2, 0.25) is 0 Å². The highest BCUT2D eigenvalue weighted by atomic mass is 35.5. The minimum absolute atomic E-state index is 0.00405. The number of carbonyl (C=O) groups is 2. The van der Waals surface area contributed by atoms with Crippen LogP contribution in [0.2, 0.25) is 10.0 Å². The second kappa shape index (κ2) is 7.76. The number of halogens is 2. The molecule has 25 heavy (non-hydrogen) atoms. The second-order valence-electron chi connectivity index (χ2n) is 5.64. The van der Waals surface area contributed by atoms with Crippen molar-refractivity contribution in [1.82, 2.24) is 9.78 Å². The maximum atomic E-state index is 12.3. The van der Waals surface area contributed by atoms with Gasteiger partial charge in [-0.05, 0) is 32.9 Å². The molecular formula is C16H18Cl2N4O3. The topological polar surface area (TPSA) is 99.2 Å². The van der Waals surface area contributed by atoms with Crippen LogP contribution >= 0.6 is 23.2 Å². The van der Waals surface area contributed by atoms with Gasteiger partial charge in [0.15, 0.2) is 6.10 Å². The first-order valence-corrected chi connectivity index (χ1v) is 8.26. The Balaban J connectivity index is 2.08. The summed E-state index contributed by atoms with van der Waals surface area (Å²) in [6.45, 7) is 5.31. The minimum atomic E-state index is -1.06. The van der Waals surface area contributed by atoms with Crippen molar-refractivity contribution in [2.24, 2.45) is 0 Å². The highest BCUT2D eigenvalue weighted by Gasteiger charge is 2.23. The lowest BCUT2D eigenvalue weighted by Crippen LogP contribution is -2.31. The molecule has 0 aliphatic rings. The number of hydrogen-bond donors (Lipinski definition) is 2. The number of benzene rings is 1. The summed E-state index contributed by atoms with van der Waals surface area (Å²) in [7, 11) is 0. The molecule has 1 atom stereocenters. The van der Waals surface area contributed by atoms with E-state index in [-0.39, 0.29) is 27.3 Å². The van der Waals surface area contributed by atoms with E-state index in [1.807, 2.05) is 13.8 Å². The summed E-state index contributed by atoms with van der Waals surface area (Å²) < 4.78 is 6.80. The van der Waals surface area contributed by atoms with Crippen LogP contribution in [0.4, 0.5) is 11.5 Å². The molecule has 3 N–H and O–H groups in total. The molecule has 2 aromatic rings. The number of nitrogens with one attached hydrogen (secondary N) is 1. The quantitative estimate of drug-likeness (QED) is 0.606. The van der Waals surface area contributed by atoms with Crippen molar-refractivity contribution in [3.8, 4) is 0 Å². The lowest BCUT2D eigenvalue weighted by atomic mass is 10.2. The van der Waals surface area contributed by atoms with E-state index in [2.05, 4.69) is 10.4 Å². The van der Waals surface area contributed by atoms with Crippen LogP contribution in [-0.4, -0.2) is 27.8 Å². The number of nitrogen functional groups attached to an aromatic ring is 1. The molecule has 1 aromatic carbocycles. The Morgan fingerprint density at radius 2 is 1.96 bits per heavy atom. The van der Waals surface area contributed by atoms with Gasteiger partial charge in [-0.2, -0.15) is 5.10 Å². The normalized spacial score (nSPS) is 12.1. The number of nitrogens with two attached hydrogens (primary N) is 1. The fourth-order valence-corrected chi connectivity index (χ4v) is 2.58. The smallest absolute Gasteiger partial charge is 0.341 e. The third-order valence-electron chi connectivity index (χ3n) is 3.38. The predicted octanol–water partition coefficient (Wildman–Crippen LogP) is 3.54. The number of rotatable bonds is 5. The fourth-order valence-electron chi connectivity index (χ4n) is 2.08. The second-order valence-corrected chi connectivity index (χ2v) is 6.48. The standard InChI is InChI=1S/C16H18Cl2N4O3/c1-8(2)22-13(4-5-20-22)21-15(23)9(3)25-16(24)11-6-10(17)7-12(18)14(11)19/h4-9H,19H2,1-3H3,(H,21,23)/t9-/m1/s1. The summed E-state index contributed by atoms with van der Waals surface area (Å²) in [6, 6.07) is 4.47. The Labute approximate surface area is 155 Å². The first-order valence-electron chi connectivity index (χ1n) is 7.50. The average Bonchev–Trinajstić information content (AvgIpc) is 2.98. The first-order chi connectivity index (χ1) is 11.7. The summed E-state index contributed by atoms with van der Waals surface area (Å²) in [4.78, 5) is 24.5. The van der Waals surface area contributed by atoms with Gasteiger partial charge in [-0.15, -0.1) is 0 Å². The highest BCUT2D eigenvalue weighted by molar-refractivity contribution is 6.37. The molecule has 0 spiro atoms. The van der Waals surface area contributed by atoms with Crippen LogP contribution in [0.5, 0.6) is 0 Å². The van der Waals surface area contributed by atoms with Crippen LogP contribution < -0.4 is 11.1 Å². The van der Waals surface area contributed by atoms with Gasteiger partial charge in [0.25, 0.3) is 5.91 Å². The van der Waals surface area contributed by atoms with Crippen molar-refractivity contribution in [3.05, 3.63) is 40.0 Å². The highest BCUT2D eigenvalue weighted by Crippen LogP contribution is 2.28. The summed E-state index contributed by atoms with van der Waals surface area (Å²) >= 11 is 11.8. The van der Waals surface area contributed by atoms with Gasteiger partial charge in [-0.1, -0.05) is 23.2 Å². The number of carbonyl (C=O) groups excluding carboxylic acids is 2. The van der Waals surface area contributed by atoms with E-state index in [0.29, 0.717) is 5.82 Å². The van der Waals surface area contributed by atoms with Gasteiger partial charge in [0.1, 0.15) is 5.82 Å². The van der Waals surface area contributed by atoms with Crippen LogP contribution in [0.15, 0.2) is 24.4 Å². The van der Waals surface area contributed by atoms with E-state index in [0.717, 1.165) is 0 Å². The van der Waals surface area contributed by atoms with Crippen LogP contribution in [0, 0.1) is 0 Å². The van der Waals surface area contributed by atoms with Crippen molar-refractivity contribution in [2.45, 2.75) is 32.9 Å². The average molecular weight is 385 g/mol. The minimum Gasteiger partial charge on any atom is -0.449 e. The molecule has 0 unspecified atom stereocenters. The SMILES string of the molecule is CC(C)n1nccc1NC(=O)[C@@H](C)OC(=O)c1cc(Cl)cc(Cl)c1N. The monoisotopic (exact) mass is 384 g/mol. The number of hydrogen-bond acceptors (Lipinski definition) is 5. The van der Waals surface area contributed by atoms with E-state index < -0.39 is 18.0 Å². The number of nitrogens with zero attached hydrogens (tertiary/aromatic N) is 2. The predicted molar refractivity (Wildman–Crippen MR) is 97.0 cm³/mol. The van der Waals surface area contributed by atoms with Crippen molar-refractivity contribution < 1.29 is 14.3 Å². The number of esters is 1. The lowest BCUT2D eigenvalue weighted by molar-refractivity contribution is -0.123. The van der Waals surface area contributed by atoms with E-state index in [9.17, 15) is 9.59 Å². The molecule has 0 saturated carbocycles. The molecule has 0 saturated heterocycles. The maximum absolute atomic E-state index is 12.3. The third-order valence-corrected chi connectivity index (χ3v) is 3.91. The summed E-state index contributed by atoms with van der Waals surface area (Å²) in [6.07, 6.45) is 0.515. The Hall–Kier alpha value is -2.25. The van der Waals surface area contributed by atoms with Crippen LogP contribution in [-0.2, 0) is 9.53 Å². The first kappa shape index (κ1) is 19.1. The van der Waals surface area contributed by atoms with Gasteiger partial charge < -0.3 is 15.8 Å². The number of ether oxygens (including phenoxy) is 1. The molecule has 0 aliphatic heterocycles. The Morgan fingerprint density at radius 1 is 1.28 bits per heavy atom. The van der Waals surface area contributed by atoms with Crippen LogP contribution in [0.1, 0.15) is 37.2 Å². The Bertz CT molecular complexity index is 805. The zero-order valence-corrected chi connectivity index (χ0v) is 15.4. The van der Waals surface area contributed by atoms with Crippen molar-refractivity contribution in [2.75, 3.05) is 11.1 Å². The molecule has 1 heterocycles. The number of aromatic nitrogens is 2. The number of amides is 1. The van der Waals surface area contributed by atoms with Crippen LogP contribution in [0.3, 0.4) is 0 Å². The lowest BCUT2D eigenvalue weighted by Gasteiger charge is -2.16. The summed E-state index contributed by atoms with van der Waals surface area (Å²) in [5, 5.41) is 7.16. The van der Waals surface area contributed by atoms with E-state index in [4.69, 9.17) is 33.7 Å². The van der Waals surface area contributed by atoms with Crippen molar-refractivity contribution in [3.63, 3.8) is 0 Å². The third kappa shape index (κ3) is 4.43. The maximum Gasteiger partial charge on any atom is 0.341 e. The molecule has 2 rings (SSSR count). The number of anilines is 2. The molecule has 1 amide bonds. The van der Waals surface area contributed by atoms with Crippen LogP contribution in [0.25, 0.3) is 0 Å². The molecular weight excluding hydrogens is 367 g/mol. The molecule has 0 fully saturated rings. The molecule has 7 nitrogen and oxygen atoms in total. The summed E-state index contributed by atoms with van der Waals surface area (Å²) in [5.41, 5.74) is 5.81. The molecule has 0 bridgehead atoms. The van der Waals surface area contributed by atoms with Gasteiger partial charge in [0.05, 0.1) is 22.5 Å². The zero-order chi connectivity index (χ0) is 18.7. The van der Waals surface area contributed by atoms with Gasteiger partial charge in [-0.3, -0.25) is 4.79 Å².